The molecular weight excluding hydrogens is 295 g/mol. The fourth-order valence-electron chi connectivity index (χ4n) is 2.85. The summed E-state index contributed by atoms with van der Waals surface area (Å²) in [6, 6.07) is 6.91. The highest BCUT2D eigenvalue weighted by molar-refractivity contribution is 5.67. The van der Waals surface area contributed by atoms with Gasteiger partial charge in [-0.25, -0.2) is 9.18 Å². The Hall–Kier alpha value is -1.62. The molecular formula is C18H27FN2O2. The molecule has 0 saturated carbocycles. The molecule has 1 fully saturated rings. The van der Waals surface area contributed by atoms with Gasteiger partial charge in [0.1, 0.15) is 5.82 Å². The van der Waals surface area contributed by atoms with Gasteiger partial charge in [-0.3, -0.25) is 4.90 Å². The van der Waals surface area contributed by atoms with Crippen molar-refractivity contribution in [3.05, 3.63) is 35.6 Å². The van der Waals surface area contributed by atoms with E-state index in [2.05, 4.69) is 4.90 Å². The van der Waals surface area contributed by atoms with Gasteiger partial charge in [0.15, 0.2) is 0 Å². The summed E-state index contributed by atoms with van der Waals surface area (Å²) in [6.07, 6.45) is 0.634. The van der Waals surface area contributed by atoms with Crippen LogP contribution in [0.4, 0.5) is 9.18 Å². The number of carbonyl (C=O) groups is 1. The molecule has 0 N–H and O–H groups in total. The third-order valence-corrected chi connectivity index (χ3v) is 4.23. The molecule has 1 amide bonds. The van der Waals surface area contributed by atoms with Crippen molar-refractivity contribution in [1.82, 2.24) is 9.80 Å². The van der Waals surface area contributed by atoms with Gasteiger partial charge in [-0.2, -0.15) is 0 Å². The van der Waals surface area contributed by atoms with E-state index in [-0.39, 0.29) is 18.0 Å². The van der Waals surface area contributed by atoms with E-state index in [0.717, 1.165) is 19.5 Å². The van der Waals surface area contributed by atoms with Crippen LogP contribution in [0.1, 0.15) is 38.8 Å². The molecule has 1 atom stereocenters. The smallest absolute Gasteiger partial charge is 0.409 e. The van der Waals surface area contributed by atoms with Gasteiger partial charge < -0.3 is 9.64 Å². The summed E-state index contributed by atoms with van der Waals surface area (Å²) in [6.45, 7) is 9.40. The zero-order valence-electron chi connectivity index (χ0n) is 14.3. The van der Waals surface area contributed by atoms with Crippen LogP contribution in [0.15, 0.2) is 24.3 Å². The van der Waals surface area contributed by atoms with Crippen molar-refractivity contribution >= 4 is 6.09 Å². The molecule has 1 unspecified atom stereocenters. The van der Waals surface area contributed by atoms with Crippen LogP contribution in [-0.4, -0.2) is 48.7 Å². The largest absolute Gasteiger partial charge is 0.449 e. The number of ether oxygens (including phenoxy) is 1. The third-order valence-electron chi connectivity index (χ3n) is 4.23. The predicted molar refractivity (Wildman–Crippen MR) is 88.8 cm³/mol. The Bertz CT molecular complexity index is 521. The van der Waals surface area contributed by atoms with Gasteiger partial charge in [-0.05, 0) is 25.3 Å². The van der Waals surface area contributed by atoms with Crippen LogP contribution in [-0.2, 0) is 4.74 Å². The van der Waals surface area contributed by atoms with E-state index in [1.54, 1.807) is 11.0 Å². The Morgan fingerprint density at radius 3 is 2.61 bits per heavy atom. The monoisotopic (exact) mass is 322 g/mol. The van der Waals surface area contributed by atoms with E-state index < -0.39 is 0 Å². The van der Waals surface area contributed by atoms with Gasteiger partial charge in [-0.15, -0.1) is 0 Å². The van der Waals surface area contributed by atoms with Crippen LogP contribution in [0, 0.1) is 11.7 Å². The van der Waals surface area contributed by atoms with Crippen LogP contribution in [0.25, 0.3) is 0 Å². The van der Waals surface area contributed by atoms with Crippen molar-refractivity contribution in [2.45, 2.75) is 33.2 Å². The van der Waals surface area contributed by atoms with Crippen molar-refractivity contribution in [2.24, 2.45) is 5.92 Å². The highest BCUT2D eigenvalue weighted by atomic mass is 19.1. The second kappa shape index (κ2) is 8.29. The van der Waals surface area contributed by atoms with E-state index in [9.17, 15) is 9.18 Å². The topological polar surface area (TPSA) is 32.8 Å². The zero-order chi connectivity index (χ0) is 16.8. The molecule has 1 aliphatic rings. The molecule has 23 heavy (non-hydrogen) atoms. The van der Waals surface area contributed by atoms with Crippen LogP contribution in [0.2, 0.25) is 0 Å². The Morgan fingerprint density at radius 1 is 1.17 bits per heavy atom. The maximum atomic E-state index is 14.0. The van der Waals surface area contributed by atoms with E-state index in [4.69, 9.17) is 4.74 Å². The number of nitrogens with zero attached hydrogens (tertiary/aromatic N) is 2. The normalized spacial score (nSPS) is 17.9. The number of hydrogen-bond donors (Lipinski definition) is 0. The molecule has 0 spiro atoms. The van der Waals surface area contributed by atoms with Gasteiger partial charge in [0, 0.05) is 37.8 Å². The number of halogens is 1. The standard InChI is InChI=1S/C18H27FN2O2/c1-14(2)13-23-18(22)21-10-6-9-20(11-12-21)15(3)16-7-4-5-8-17(16)19/h4-5,7-8,14-15H,6,9-13H2,1-3H3. The molecule has 1 aromatic carbocycles. The van der Waals surface area contributed by atoms with Gasteiger partial charge in [-0.1, -0.05) is 32.0 Å². The molecule has 5 heteroatoms. The SMILES string of the molecule is CC(C)COC(=O)N1CCCN(C(C)c2ccccc2F)CC1. The lowest BCUT2D eigenvalue weighted by Gasteiger charge is -2.28. The molecule has 1 aromatic rings. The number of rotatable bonds is 4. The fraction of sp³-hybridized carbons (Fsp3) is 0.611. The Balaban J connectivity index is 1.93. The van der Waals surface area contributed by atoms with E-state index in [0.29, 0.717) is 31.2 Å². The summed E-state index contributed by atoms with van der Waals surface area (Å²) < 4.78 is 19.3. The molecule has 0 bridgehead atoms. The van der Waals surface area contributed by atoms with Crippen LogP contribution >= 0.6 is 0 Å². The lowest BCUT2D eigenvalue weighted by Crippen LogP contribution is -2.36. The summed E-state index contributed by atoms with van der Waals surface area (Å²) in [4.78, 5) is 16.1. The lowest BCUT2D eigenvalue weighted by molar-refractivity contribution is 0.0924. The quantitative estimate of drug-likeness (QED) is 0.847. The first-order valence-electron chi connectivity index (χ1n) is 8.39. The van der Waals surface area contributed by atoms with Gasteiger partial charge >= 0.3 is 6.09 Å². The Morgan fingerprint density at radius 2 is 1.91 bits per heavy atom. The molecule has 2 rings (SSSR count). The molecule has 128 valence electrons. The van der Waals surface area contributed by atoms with Crippen molar-refractivity contribution < 1.29 is 13.9 Å². The Labute approximate surface area is 138 Å². The van der Waals surface area contributed by atoms with Crippen LogP contribution in [0.3, 0.4) is 0 Å². The van der Waals surface area contributed by atoms with Gasteiger partial charge in [0.2, 0.25) is 0 Å². The Kier molecular flexibility index (Phi) is 6.39. The van der Waals surface area contributed by atoms with E-state index in [1.807, 2.05) is 32.9 Å². The van der Waals surface area contributed by atoms with Crippen molar-refractivity contribution in [3.63, 3.8) is 0 Å². The van der Waals surface area contributed by atoms with Gasteiger partial charge in [0.25, 0.3) is 0 Å². The summed E-state index contributed by atoms with van der Waals surface area (Å²) in [7, 11) is 0. The minimum Gasteiger partial charge on any atom is -0.449 e. The summed E-state index contributed by atoms with van der Waals surface area (Å²) in [5.74, 6) is 0.168. The second-order valence-electron chi connectivity index (χ2n) is 6.54. The van der Waals surface area contributed by atoms with Crippen molar-refractivity contribution in [2.75, 3.05) is 32.8 Å². The van der Waals surface area contributed by atoms with Crippen molar-refractivity contribution in [1.29, 1.82) is 0 Å². The minimum absolute atomic E-state index is 0.00262. The summed E-state index contributed by atoms with van der Waals surface area (Å²) in [5, 5.41) is 0. The van der Waals surface area contributed by atoms with Crippen molar-refractivity contribution in [3.8, 4) is 0 Å². The fourth-order valence-corrected chi connectivity index (χ4v) is 2.85. The molecule has 1 saturated heterocycles. The average molecular weight is 322 g/mol. The van der Waals surface area contributed by atoms with Crippen LogP contribution in [0.5, 0.6) is 0 Å². The predicted octanol–water partition coefficient (Wildman–Crippen LogP) is 3.69. The molecule has 0 aromatic heterocycles. The van der Waals surface area contributed by atoms with E-state index >= 15 is 0 Å². The summed E-state index contributed by atoms with van der Waals surface area (Å²) >= 11 is 0. The number of benzene rings is 1. The number of carbonyl (C=O) groups excluding carboxylic acids is 1. The first-order chi connectivity index (χ1) is 11.0. The molecule has 4 nitrogen and oxygen atoms in total. The maximum absolute atomic E-state index is 14.0. The number of amides is 1. The highest BCUT2D eigenvalue weighted by Gasteiger charge is 2.24. The second-order valence-corrected chi connectivity index (χ2v) is 6.54. The minimum atomic E-state index is -0.237. The molecule has 1 aliphatic heterocycles. The first kappa shape index (κ1) is 17.7. The maximum Gasteiger partial charge on any atom is 0.409 e. The number of hydrogen-bond acceptors (Lipinski definition) is 3. The average Bonchev–Trinajstić information content (AvgIpc) is 2.78. The molecule has 1 heterocycles. The highest BCUT2D eigenvalue weighted by Crippen LogP contribution is 2.24. The summed E-state index contributed by atoms with van der Waals surface area (Å²) in [5.41, 5.74) is 0.711. The zero-order valence-corrected chi connectivity index (χ0v) is 14.3. The molecule has 0 aliphatic carbocycles. The van der Waals surface area contributed by atoms with E-state index in [1.165, 1.54) is 6.07 Å². The lowest BCUT2D eigenvalue weighted by atomic mass is 10.1. The van der Waals surface area contributed by atoms with Gasteiger partial charge in [0.05, 0.1) is 6.61 Å². The third kappa shape index (κ3) is 4.93. The van der Waals surface area contributed by atoms with Crippen LogP contribution < -0.4 is 0 Å². The molecule has 0 radical (unpaired) electrons. The first-order valence-corrected chi connectivity index (χ1v) is 8.39.